The molecule has 176 valence electrons. The van der Waals surface area contributed by atoms with Gasteiger partial charge in [0.05, 0.1) is 0 Å². The number of aryl methyl sites for hydroxylation is 1. The number of carbonyl (C=O) groups excluding carboxylic acids is 2. The minimum Gasteiger partial charge on any atom is -0.490 e. The molecule has 7 nitrogen and oxygen atoms in total. The molecule has 0 atom stereocenters. The van der Waals surface area contributed by atoms with E-state index in [4.69, 9.17) is 21.7 Å². The molecule has 3 aromatic carbocycles. The molecule has 3 N–H and O–H groups in total. The van der Waals surface area contributed by atoms with Crippen molar-refractivity contribution in [1.29, 1.82) is 0 Å². The van der Waals surface area contributed by atoms with Crippen LogP contribution in [0.1, 0.15) is 22.3 Å². The molecule has 0 bridgehead atoms. The van der Waals surface area contributed by atoms with Gasteiger partial charge in [-0.15, -0.1) is 0 Å². The second-order valence-corrected chi connectivity index (χ2v) is 7.72. The third kappa shape index (κ3) is 8.22. The number of benzene rings is 3. The molecule has 0 unspecified atom stereocenters. The third-order valence-electron chi connectivity index (χ3n) is 4.82. The average molecular weight is 478 g/mol. The van der Waals surface area contributed by atoms with Gasteiger partial charge in [-0.05, 0) is 66.7 Å². The summed E-state index contributed by atoms with van der Waals surface area (Å²) >= 11 is 5.27. The Labute approximate surface area is 204 Å². The van der Waals surface area contributed by atoms with E-state index in [1.165, 1.54) is 0 Å². The van der Waals surface area contributed by atoms with Gasteiger partial charge in [-0.2, -0.15) is 0 Å². The number of carbonyl (C=O) groups is 2. The molecule has 0 aliphatic rings. The van der Waals surface area contributed by atoms with Crippen LogP contribution >= 0.6 is 12.2 Å². The Morgan fingerprint density at radius 3 is 2.24 bits per heavy atom. The van der Waals surface area contributed by atoms with Gasteiger partial charge in [0.1, 0.15) is 24.7 Å². The van der Waals surface area contributed by atoms with Crippen LogP contribution in [0.5, 0.6) is 11.5 Å². The lowest BCUT2D eigenvalue weighted by molar-refractivity contribution is -0.120. The highest BCUT2D eigenvalue weighted by molar-refractivity contribution is 7.80. The van der Waals surface area contributed by atoms with Gasteiger partial charge in [0, 0.05) is 24.7 Å². The molecule has 0 fully saturated rings. The summed E-state index contributed by atoms with van der Waals surface area (Å²) in [7, 11) is 1.62. The number of nitrogens with one attached hydrogen (secondary N) is 3. The van der Waals surface area contributed by atoms with Crippen LogP contribution < -0.4 is 25.4 Å². The maximum atomic E-state index is 12.6. The Morgan fingerprint density at radius 1 is 0.853 bits per heavy atom. The van der Waals surface area contributed by atoms with Crippen LogP contribution in [0.15, 0.2) is 78.9 Å². The summed E-state index contributed by atoms with van der Waals surface area (Å²) in [4.78, 5) is 24.0. The molecule has 0 radical (unpaired) electrons. The van der Waals surface area contributed by atoms with E-state index in [0.29, 0.717) is 37.4 Å². The monoisotopic (exact) mass is 477 g/mol. The molecule has 2 amide bonds. The minimum atomic E-state index is -0.342. The summed E-state index contributed by atoms with van der Waals surface area (Å²) in [5, 5.41) is 8.45. The molecule has 0 saturated heterocycles. The predicted molar refractivity (Wildman–Crippen MR) is 136 cm³/mol. The van der Waals surface area contributed by atoms with Crippen LogP contribution in [0.4, 0.5) is 5.69 Å². The Hall–Kier alpha value is -3.91. The number of para-hydroxylation sites is 1. The van der Waals surface area contributed by atoms with Gasteiger partial charge in [-0.3, -0.25) is 14.9 Å². The highest BCUT2D eigenvalue weighted by Gasteiger charge is 2.10. The molecular formula is C26H27N3O4S. The van der Waals surface area contributed by atoms with E-state index in [9.17, 15) is 9.59 Å². The number of anilines is 1. The smallest absolute Gasteiger partial charge is 0.257 e. The van der Waals surface area contributed by atoms with Crippen molar-refractivity contribution in [2.45, 2.75) is 12.8 Å². The van der Waals surface area contributed by atoms with E-state index < -0.39 is 0 Å². The number of amides is 2. The van der Waals surface area contributed by atoms with Crippen molar-refractivity contribution in [3.05, 3.63) is 90.0 Å². The number of hydrogen-bond donors (Lipinski definition) is 3. The van der Waals surface area contributed by atoms with E-state index in [1.54, 1.807) is 31.3 Å². The summed E-state index contributed by atoms with van der Waals surface area (Å²) in [6, 6.07) is 23.9. The normalized spacial score (nSPS) is 10.1. The number of ether oxygens (including phenoxy) is 2. The fraction of sp³-hybridized carbons (Fsp3) is 0.192. The van der Waals surface area contributed by atoms with Crippen molar-refractivity contribution < 1.29 is 19.1 Å². The van der Waals surface area contributed by atoms with E-state index in [1.807, 2.05) is 54.6 Å². The first-order valence-electron chi connectivity index (χ1n) is 10.9. The van der Waals surface area contributed by atoms with E-state index in [-0.39, 0.29) is 16.9 Å². The lowest BCUT2D eigenvalue weighted by Crippen LogP contribution is -2.34. The van der Waals surface area contributed by atoms with Crippen LogP contribution in [-0.4, -0.2) is 37.2 Å². The highest BCUT2D eigenvalue weighted by Crippen LogP contribution is 2.15. The van der Waals surface area contributed by atoms with Crippen molar-refractivity contribution in [1.82, 2.24) is 10.6 Å². The second-order valence-electron chi connectivity index (χ2n) is 7.32. The zero-order chi connectivity index (χ0) is 24.2. The topological polar surface area (TPSA) is 88.7 Å². The Bertz CT molecular complexity index is 1100. The van der Waals surface area contributed by atoms with Gasteiger partial charge in [-0.1, -0.05) is 36.4 Å². The summed E-state index contributed by atoms with van der Waals surface area (Å²) in [6.07, 6.45) is 1.08. The third-order valence-corrected chi connectivity index (χ3v) is 5.02. The molecule has 3 aromatic rings. The summed E-state index contributed by atoms with van der Waals surface area (Å²) < 4.78 is 11.3. The predicted octanol–water partition coefficient (Wildman–Crippen LogP) is 3.95. The lowest BCUT2D eigenvalue weighted by atomic mass is 10.1. The van der Waals surface area contributed by atoms with Crippen molar-refractivity contribution in [3.63, 3.8) is 0 Å². The van der Waals surface area contributed by atoms with E-state index in [2.05, 4.69) is 16.0 Å². The average Bonchev–Trinajstić information content (AvgIpc) is 2.86. The van der Waals surface area contributed by atoms with Gasteiger partial charge in [0.25, 0.3) is 5.91 Å². The maximum Gasteiger partial charge on any atom is 0.257 e. The fourth-order valence-electron chi connectivity index (χ4n) is 3.04. The van der Waals surface area contributed by atoms with Crippen LogP contribution in [0.3, 0.4) is 0 Å². The number of hydrogen-bond acceptors (Lipinski definition) is 5. The molecule has 0 spiro atoms. The summed E-state index contributed by atoms with van der Waals surface area (Å²) in [5.41, 5.74) is 2.20. The SMILES string of the molecule is CNC(=O)CCc1ccc(NC(=S)NC(=O)c2cccc(OCCOc3ccccc3)c2)cc1. The van der Waals surface area contributed by atoms with Crippen molar-refractivity contribution in [3.8, 4) is 11.5 Å². The Morgan fingerprint density at radius 2 is 1.53 bits per heavy atom. The number of thiocarbonyl (C=S) groups is 1. The zero-order valence-electron chi connectivity index (χ0n) is 18.9. The zero-order valence-corrected chi connectivity index (χ0v) is 19.7. The Kier molecular flexibility index (Phi) is 9.42. The first-order valence-corrected chi connectivity index (χ1v) is 11.3. The van der Waals surface area contributed by atoms with Crippen molar-refractivity contribution >= 4 is 34.8 Å². The summed E-state index contributed by atoms with van der Waals surface area (Å²) in [5.74, 6) is 1.00. The van der Waals surface area contributed by atoms with Crippen LogP contribution in [0.2, 0.25) is 0 Å². The molecule has 3 rings (SSSR count). The van der Waals surface area contributed by atoms with E-state index in [0.717, 1.165) is 17.0 Å². The van der Waals surface area contributed by atoms with Gasteiger partial charge in [-0.25, -0.2) is 0 Å². The van der Waals surface area contributed by atoms with Gasteiger partial charge >= 0.3 is 0 Å². The van der Waals surface area contributed by atoms with Crippen LogP contribution in [0, 0.1) is 0 Å². The molecule has 0 heterocycles. The second kappa shape index (κ2) is 13.0. The largest absolute Gasteiger partial charge is 0.490 e. The Balaban J connectivity index is 1.44. The van der Waals surface area contributed by atoms with Gasteiger partial charge in [0.15, 0.2) is 5.11 Å². The van der Waals surface area contributed by atoms with Crippen LogP contribution in [-0.2, 0) is 11.2 Å². The quantitative estimate of drug-likeness (QED) is 0.303. The first kappa shape index (κ1) is 24.7. The van der Waals surface area contributed by atoms with Crippen molar-refractivity contribution in [2.24, 2.45) is 0 Å². The lowest BCUT2D eigenvalue weighted by Gasteiger charge is -2.12. The number of rotatable bonds is 10. The van der Waals surface area contributed by atoms with E-state index >= 15 is 0 Å². The molecule has 0 aliphatic heterocycles. The van der Waals surface area contributed by atoms with Gasteiger partial charge < -0.3 is 20.1 Å². The molecular weight excluding hydrogens is 450 g/mol. The van der Waals surface area contributed by atoms with Gasteiger partial charge in [0.2, 0.25) is 5.91 Å². The van der Waals surface area contributed by atoms with Crippen LogP contribution in [0.25, 0.3) is 0 Å². The maximum absolute atomic E-state index is 12.6. The molecule has 0 aromatic heterocycles. The highest BCUT2D eigenvalue weighted by atomic mass is 32.1. The first-order chi connectivity index (χ1) is 16.5. The standard InChI is InChI=1S/C26H27N3O4S/c1-27-24(30)15-12-19-10-13-21(14-11-19)28-26(34)29-25(31)20-6-5-9-23(18-20)33-17-16-32-22-7-3-2-4-8-22/h2-11,13-14,18H,12,15-17H2,1H3,(H,27,30)(H2,28,29,31,34). The molecule has 0 saturated carbocycles. The molecule has 8 heteroatoms. The molecule has 34 heavy (non-hydrogen) atoms. The fourth-order valence-corrected chi connectivity index (χ4v) is 3.25. The van der Waals surface area contributed by atoms with Crippen molar-refractivity contribution in [2.75, 3.05) is 25.6 Å². The summed E-state index contributed by atoms with van der Waals surface area (Å²) in [6.45, 7) is 0.734. The minimum absolute atomic E-state index is 0.000999. The molecule has 0 aliphatic carbocycles.